The average molecular weight is 684 g/mol. The molecule has 0 saturated carbocycles. The molecule has 0 bridgehead atoms. The molecule has 0 amide bonds. The van der Waals surface area contributed by atoms with E-state index in [0.717, 1.165) is 53.0 Å². The van der Waals surface area contributed by atoms with Gasteiger partial charge in [-0.2, -0.15) is 0 Å². The predicted octanol–water partition coefficient (Wildman–Crippen LogP) is 6.68. The smallest absolute Gasteiger partial charge is 0.297 e. The van der Waals surface area contributed by atoms with Crippen LogP contribution in [0, 0.1) is 13.8 Å². The predicted molar refractivity (Wildman–Crippen MR) is 186 cm³/mol. The molecule has 0 radical (unpaired) electrons. The van der Waals surface area contributed by atoms with Crippen LogP contribution in [0.5, 0.6) is 0 Å². The van der Waals surface area contributed by atoms with Crippen molar-refractivity contribution >= 4 is 39.9 Å². The van der Waals surface area contributed by atoms with Crippen LogP contribution >= 0.6 is 11.6 Å². The molecule has 49 heavy (non-hydrogen) atoms. The Bertz CT molecular complexity index is 2080. The number of hydrogen-bond donors (Lipinski definition) is 3. The molecule has 2 aliphatic heterocycles. The molecule has 1 saturated heterocycles. The maximum absolute atomic E-state index is 14.0. The first-order valence-electron chi connectivity index (χ1n) is 16.4. The summed E-state index contributed by atoms with van der Waals surface area (Å²) in [5.74, 6) is -0.543. The van der Waals surface area contributed by atoms with E-state index < -0.39 is 12.2 Å². The van der Waals surface area contributed by atoms with Crippen LogP contribution in [-0.2, 0) is 25.9 Å². The van der Waals surface area contributed by atoms with E-state index in [9.17, 15) is 18.7 Å². The highest BCUT2D eigenvalue weighted by molar-refractivity contribution is 6.34. The summed E-state index contributed by atoms with van der Waals surface area (Å²) in [5.41, 5.74) is 8.79. The number of pyridine rings is 2. The van der Waals surface area contributed by atoms with Crippen molar-refractivity contribution in [3.05, 3.63) is 105 Å². The van der Waals surface area contributed by atoms with Crippen molar-refractivity contribution in [1.82, 2.24) is 30.2 Å². The largest absolute Gasteiger partial charge is 0.392 e. The van der Waals surface area contributed by atoms with Gasteiger partial charge in [-0.3, -0.25) is 14.7 Å². The van der Waals surface area contributed by atoms with Crippen LogP contribution in [0.1, 0.15) is 62.7 Å². The van der Waals surface area contributed by atoms with Gasteiger partial charge in [0.05, 0.1) is 22.3 Å². The van der Waals surface area contributed by atoms with E-state index >= 15 is 0 Å². The van der Waals surface area contributed by atoms with Gasteiger partial charge in [-0.25, -0.2) is 23.7 Å². The second-order valence-electron chi connectivity index (χ2n) is 12.8. The summed E-state index contributed by atoms with van der Waals surface area (Å²) in [7, 11) is 0. The fourth-order valence-corrected chi connectivity index (χ4v) is 7.05. The topological polar surface area (TPSA) is 116 Å². The SMILES string of the molecule is Cc1cc(C(=O)Cc2cccc(-c3cccc(Nc4nc(C(F)F)nc5cc(CN6CC[C@@H](O)C6)cnc45)c3C)c2Cl)nc2c1CCNC2. The number of nitrogens with one attached hydrogen (secondary N) is 2. The van der Waals surface area contributed by atoms with E-state index in [-0.39, 0.29) is 24.1 Å². The second kappa shape index (κ2) is 13.8. The molecule has 1 fully saturated rings. The number of aromatic nitrogens is 4. The van der Waals surface area contributed by atoms with Crippen LogP contribution in [0.25, 0.3) is 22.2 Å². The van der Waals surface area contributed by atoms with Gasteiger partial charge in [0.1, 0.15) is 11.2 Å². The van der Waals surface area contributed by atoms with Gasteiger partial charge in [0.15, 0.2) is 17.4 Å². The van der Waals surface area contributed by atoms with E-state index in [1.54, 1.807) is 12.3 Å². The van der Waals surface area contributed by atoms with Crippen molar-refractivity contribution in [2.75, 3.05) is 25.0 Å². The Morgan fingerprint density at radius 1 is 1.12 bits per heavy atom. The van der Waals surface area contributed by atoms with E-state index in [1.165, 1.54) is 5.56 Å². The summed E-state index contributed by atoms with van der Waals surface area (Å²) < 4.78 is 27.9. The lowest BCUT2D eigenvalue weighted by atomic mass is 9.95. The summed E-state index contributed by atoms with van der Waals surface area (Å²) >= 11 is 6.99. The van der Waals surface area contributed by atoms with Crippen molar-refractivity contribution in [2.45, 2.75) is 58.7 Å². The molecule has 3 aromatic heterocycles. The van der Waals surface area contributed by atoms with Gasteiger partial charge in [-0.05, 0) is 84.8 Å². The highest BCUT2D eigenvalue weighted by Gasteiger charge is 2.23. The molecule has 0 spiro atoms. The van der Waals surface area contributed by atoms with Crippen LogP contribution in [0.15, 0.2) is 54.7 Å². The Kier molecular flexibility index (Phi) is 9.34. The Hall–Kier alpha value is -4.42. The van der Waals surface area contributed by atoms with E-state index in [2.05, 4.69) is 35.5 Å². The van der Waals surface area contributed by atoms with Crippen molar-refractivity contribution in [2.24, 2.45) is 0 Å². The molecule has 5 aromatic rings. The molecule has 7 rings (SSSR count). The molecule has 0 unspecified atom stereocenters. The number of alkyl halides is 2. The number of rotatable bonds is 9. The monoisotopic (exact) mass is 683 g/mol. The number of nitrogens with zero attached hydrogens (tertiary/aromatic N) is 5. The summed E-state index contributed by atoms with van der Waals surface area (Å²) in [6.07, 6.45) is 0.136. The number of aliphatic hydroxyl groups excluding tert-OH is 1. The van der Waals surface area contributed by atoms with Crippen molar-refractivity contribution < 1.29 is 18.7 Å². The fourth-order valence-electron chi connectivity index (χ4n) is 6.76. The third-order valence-electron chi connectivity index (χ3n) is 9.33. The third-order valence-corrected chi connectivity index (χ3v) is 9.77. The Morgan fingerprint density at radius 2 is 1.94 bits per heavy atom. The van der Waals surface area contributed by atoms with Crippen molar-refractivity contribution in [3.8, 4) is 11.1 Å². The molecule has 2 aliphatic rings. The quantitative estimate of drug-likeness (QED) is 0.146. The number of benzene rings is 2. The molecule has 2 aromatic carbocycles. The maximum atomic E-state index is 14.0. The number of likely N-dealkylation sites (tertiary alicyclic amines) is 1. The van der Waals surface area contributed by atoms with E-state index in [0.29, 0.717) is 59.1 Å². The Balaban J connectivity index is 1.17. The molecule has 1 atom stereocenters. The average Bonchev–Trinajstić information content (AvgIpc) is 3.50. The van der Waals surface area contributed by atoms with Crippen LogP contribution in [-0.4, -0.2) is 61.5 Å². The van der Waals surface area contributed by atoms with Crippen molar-refractivity contribution in [3.63, 3.8) is 0 Å². The Morgan fingerprint density at radius 3 is 2.73 bits per heavy atom. The van der Waals surface area contributed by atoms with Gasteiger partial charge in [0.2, 0.25) is 0 Å². The summed E-state index contributed by atoms with van der Waals surface area (Å²) in [6.45, 7) is 7.32. The fraction of sp³-hybridized carbons (Fsp3) is 0.324. The molecule has 252 valence electrons. The van der Waals surface area contributed by atoms with Gasteiger partial charge in [0, 0.05) is 50.0 Å². The first-order chi connectivity index (χ1) is 23.6. The third kappa shape index (κ3) is 6.89. The number of halogens is 3. The Labute approximate surface area is 287 Å². The van der Waals surface area contributed by atoms with Crippen LogP contribution in [0.3, 0.4) is 0 Å². The number of fused-ring (bicyclic) bond motifs is 2. The van der Waals surface area contributed by atoms with Gasteiger partial charge >= 0.3 is 0 Å². The first kappa shape index (κ1) is 33.1. The lowest BCUT2D eigenvalue weighted by Crippen LogP contribution is -2.26. The summed E-state index contributed by atoms with van der Waals surface area (Å²) in [5, 5.41) is 16.9. The number of aliphatic hydroxyl groups is 1. The van der Waals surface area contributed by atoms with Crippen molar-refractivity contribution in [1.29, 1.82) is 0 Å². The van der Waals surface area contributed by atoms with Gasteiger partial charge in [-0.1, -0.05) is 41.9 Å². The number of hydrogen-bond acceptors (Lipinski definition) is 9. The number of carbonyl (C=O) groups is 1. The zero-order valence-electron chi connectivity index (χ0n) is 27.2. The van der Waals surface area contributed by atoms with Crippen LogP contribution in [0.2, 0.25) is 5.02 Å². The highest BCUT2D eigenvalue weighted by Crippen LogP contribution is 2.37. The number of anilines is 2. The number of β-amino-alcohol motifs (C(OH)–C–C–N with tert-alkyl or cyclic N) is 1. The van der Waals surface area contributed by atoms with Crippen LogP contribution < -0.4 is 10.6 Å². The van der Waals surface area contributed by atoms with Gasteiger partial charge in [0.25, 0.3) is 6.43 Å². The maximum Gasteiger partial charge on any atom is 0.297 e. The lowest BCUT2D eigenvalue weighted by molar-refractivity contribution is 0.0987. The number of Topliss-reactive ketones (excluding diaryl/α,β-unsaturated/α-hetero) is 1. The minimum Gasteiger partial charge on any atom is -0.392 e. The number of ketones is 1. The highest BCUT2D eigenvalue weighted by atomic mass is 35.5. The van der Waals surface area contributed by atoms with Gasteiger partial charge in [-0.15, -0.1) is 0 Å². The minimum atomic E-state index is -2.88. The molecule has 3 N–H and O–H groups in total. The summed E-state index contributed by atoms with van der Waals surface area (Å²) in [4.78, 5) is 33.1. The molecular weight excluding hydrogens is 648 g/mol. The standard InChI is InChI=1S/C37H36ClF2N7O2/c1-20-13-29(43-31-17-41-11-9-25(20)31)32(49)15-23-5-3-7-27(33(23)38)26-6-4-8-28(21(26)2)44-36-34-30(45-37(46-36)35(39)40)14-22(16-42-34)18-47-12-10-24(48)19-47/h3-8,13-14,16,24,35,41,48H,9-12,15,17-19H2,1-2H3,(H,44,45,46)/t24-/m1/s1. The molecule has 5 heterocycles. The van der Waals surface area contributed by atoms with E-state index in [4.69, 9.17) is 11.6 Å². The molecule has 0 aliphatic carbocycles. The number of carbonyl (C=O) groups excluding carboxylic acids is 1. The molecule has 12 heteroatoms. The zero-order chi connectivity index (χ0) is 34.2. The first-order valence-corrected chi connectivity index (χ1v) is 16.7. The second-order valence-corrected chi connectivity index (χ2v) is 13.2. The van der Waals surface area contributed by atoms with Gasteiger partial charge < -0.3 is 15.7 Å². The minimum absolute atomic E-state index is 0.0949. The molecular formula is C37H36ClF2N7O2. The van der Waals surface area contributed by atoms with E-state index in [1.807, 2.05) is 56.3 Å². The lowest BCUT2D eigenvalue weighted by Gasteiger charge is -2.19. The van der Waals surface area contributed by atoms with Crippen LogP contribution in [0.4, 0.5) is 20.3 Å². The molecule has 9 nitrogen and oxygen atoms in total. The summed E-state index contributed by atoms with van der Waals surface area (Å²) in [6, 6.07) is 14.8. The number of aryl methyl sites for hydroxylation is 1. The normalized spacial score (nSPS) is 16.3. The zero-order valence-corrected chi connectivity index (χ0v) is 28.0.